The molecule has 41 heavy (non-hydrogen) atoms. The van der Waals surface area contributed by atoms with Gasteiger partial charge in [-0.25, -0.2) is 4.79 Å². The number of Topliss-reactive ketones (excluding diaryl/α,β-unsaturated/α-hetero) is 1. The fraction of sp³-hybridized carbons (Fsp3) is 0.867. The zero-order chi connectivity index (χ0) is 29.3. The standard InChI is InChI=1S/C30H42O11/c1-13-9-19(37-4)30(36)26(39-13)40-24-18(41-30)11-27(2)17(22(24)32)6-5-16-21(27)23(33)25(34)28(3)15(7-8-29(16,28)35)14-10-20(31)38-12-14/h10,13,15-19,21-22,24-26,32,34-36H,5-9,11-12H2,1-4H3. The lowest BCUT2D eigenvalue weighted by Crippen LogP contribution is -2.75. The summed E-state index contributed by atoms with van der Waals surface area (Å²) in [6, 6.07) is 0. The lowest BCUT2D eigenvalue weighted by atomic mass is 9.41. The zero-order valence-electron chi connectivity index (χ0n) is 24.0. The summed E-state index contributed by atoms with van der Waals surface area (Å²) < 4.78 is 29.1. The first kappa shape index (κ1) is 28.3. The summed E-state index contributed by atoms with van der Waals surface area (Å²) in [6.07, 6.45) is -2.06. The van der Waals surface area contributed by atoms with Gasteiger partial charge in [-0.05, 0) is 67.8 Å². The van der Waals surface area contributed by atoms with Gasteiger partial charge in [0.05, 0.1) is 23.9 Å². The Morgan fingerprint density at radius 2 is 1.78 bits per heavy atom. The van der Waals surface area contributed by atoms with E-state index in [-0.39, 0.29) is 36.8 Å². The van der Waals surface area contributed by atoms with Crippen molar-refractivity contribution in [3.8, 4) is 0 Å². The van der Waals surface area contributed by atoms with Crippen LogP contribution in [0.3, 0.4) is 0 Å². The number of rotatable bonds is 2. The molecule has 0 aromatic carbocycles. The average molecular weight is 579 g/mol. The average Bonchev–Trinajstić information content (AvgIpc) is 3.47. The van der Waals surface area contributed by atoms with Gasteiger partial charge in [0, 0.05) is 30.9 Å². The summed E-state index contributed by atoms with van der Waals surface area (Å²) >= 11 is 0. The Balaban J connectivity index is 1.23. The van der Waals surface area contributed by atoms with Crippen LogP contribution in [0.4, 0.5) is 0 Å². The summed E-state index contributed by atoms with van der Waals surface area (Å²) in [5.41, 5.74) is -2.68. The smallest absolute Gasteiger partial charge is 0.331 e. The molecule has 3 aliphatic heterocycles. The number of ether oxygens (including phenoxy) is 5. The molecule has 15 unspecified atom stereocenters. The van der Waals surface area contributed by atoms with Gasteiger partial charge >= 0.3 is 5.97 Å². The van der Waals surface area contributed by atoms with E-state index in [1.807, 2.05) is 13.8 Å². The third-order valence-electron chi connectivity index (χ3n) is 12.5. The highest BCUT2D eigenvalue weighted by atomic mass is 16.8. The molecule has 7 rings (SSSR count). The van der Waals surface area contributed by atoms with Crippen molar-refractivity contribution < 1.29 is 53.7 Å². The maximum atomic E-state index is 14.3. The minimum absolute atomic E-state index is 0.103. The predicted octanol–water partition coefficient (Wildman–Crippen LogP) is 0.596. The first-order valence-corrected chi connectivity index (χ1v) is 15.0. The Morgan fingerprint density at radius 3 is 2.46 bits per heavy atom. The van der Waals surface area contributed by atoms with E-state index >= 15 is 0 Å². The fourth-order valence-corrected chi connectivity index (χ4v) is 10.5. The van der Waals surface area contributed by atoms with Crippen molar-refractivity contribution in [3.63, 3.8) is 0 Å². The molecule has 228 valence electrons. The maximum absolute atomic E-state index is 14.3. The maximum Gasteiger partial charge on any atom is 0.331 e. The van der Waals surface area contributed by atoms with Crippen LogP contribution in [-0.4, -0.2) is 100 Å². The molecule has 3 heterocycles. The minimum atomic E-state index is -1.89. The van der Waals surface area contributed by atoms with Crippen LogP contribution in [0.15, 0.2) is 11.6 Å². The van der Waals surface area contributed by atoms with Gasteiger partial charge in [0.15, 0.2) is 5.78 Å². The van der Waals surface area contributed by atoms with Crippen molar-refractivity contribution in [2.45, 2.75) is 114 Å². The predicted molar refractivity (Wildman–Crippen MR) is 139 cm³/mol. The SMILES string of the molecule is COC1CC(C)OC2OC3C(CC4(C)C(CCC5C4C(=O)C(O)C4(C)C(C6=CC(=O)OC6)CCC54O)C3O)OC12O. The van der Waals surface area contributed by atoms with Crippen molar-refractivity contribution in [2.75, 3.05) is 13.7 Å². The normalized spacial score (nSPS) is 58.0. The highest BCUT2D eigenvalue weighted by Gasteiger charge is 2.75. The third-order valence-corrected chi connectivity index (χ3v) is 12.5. The van der Waals surface area contributed by atoms with E-state index in [4.69, 9.17) is 23.7 Å². The number of methoxy groups -OCH3 is 1. The van der Waals surface area contributed by atoms with E-state index in [1.165, 1.54) is 13.2 Å². The van der Waals surface area contributed by atoms with Gasteiger partial charge in [0.1, 0.15) is 24.9 Å². The third kappa shape index (κ3) is 3.49. The molecule has 0 amide bonds. The van der Waals surface area contributed by atoms with Crippen LogP contribution in [0.2, 0.25) is 0 Å². The fourth-order valence-electron chi connectivity index (χ4n) is 10.5. The van der Waals surface area contributed by atoms with E-state index in [2.05, 4.69) is 0 Å². The minimum Gasteiger partial charge on any atom is -0.458 e. The number of carbonyl (C=O) groups is 2. The number of aliphatic hydroxyl groups excluding tert-OH is 2. The summed E-state index contributed by atoms with van der Waals surface area (Å²) in [5.74, 6) is -4.61. The molecule has 0 spiro atoms. The summed E-state index contributed by atoms with van der Waals surface area (Å²) in [5, 5.41) is 47.5. The van der Waals surface area contributed by atoms with Gasteiger partial charge in [-0.15, -0.1) is 0 Å². The number of fused-ring (bicyclic) bond motifs is 7. The molecule has 6 fully saturated rings. The first-order chi connectivity index (χ1) is 19.3. The summed E-state index contributed by atoms with van der Waals surface area (Å²) in [4.78, 5) is 26.2. The molecule has 0 aromatic rings. The van der Waals surface area contributed by atoms with Crippen molar-refractivity contribution in [2.24, 2.45) is 34.5 Å². The molecule has 2 saturated heterocycles. The van der Waals surface area contributed by atoms with Crippen molar-refractivity contribution in [1.29, 1.82) is 0 Å². The van der Waals surface area contributed by atoms with Gasteiger partial charge in [-0.3, -0.25) is 4.79 Å². The Bertz CT molecular complexity index is 1170. The Labute approximate surface area is 239 Å². The van der Waals surface area contributed by atoms with Gasteiger partial charge in [-0.2, -0.15) is 0 Å². The van der Waals surface area contributed by atoms with Crippen LogP contribution in [0.25, 0.3) is 0 Å². The highest BCUT2D eigenvalue weighted by Crippen LogP contribution is 2.69. The van der Waals surface area contributed by atoms with Crippen LogP contribution in [0.5, 0.6) is 0 Å². The Morgan fingerprint density at radius 1 is 1.05 bits per heavy atom. The monoisotopic (exact) mass is 578 g/mol. The molecule has 11 nitrogen and oxygen atoms in total. The Kier molecular flexibility index (Phi) is 6.25. The molecular weight excluding hydrogens is 536 g/mol. The van der Waals surface area contributed by atoms with Crippen molar-refractivity contribution in [1.82, 2.24) is 0 Å². The van der Waals surface area contributed by atoms with Crippen molar-refractivity contribution >= 4 is 11.8 Å². The van der Waals surface area contributed by atoms with Gasteiger partial charge in [-0.1, -0.05) is 13.8 Å². The highest BCUT2D eigenvalue weighted by molar-refractivity contribution is 5.90. The zero-order valence-corrected chi connectivity index (χ0v) is 24.0. The molecular formula is C30H42O11. The number of hydrogen-bond acceptors (Lipinski definition) is 11. The summed E-state index contributed by atoms with van der Waals surface area (Å²) in [6.45, 7) is 5.67. The number of cyclic esters (lactones) is 1. The Hall–Kier alpha value is -1.44. The molecule has 0 aromatic heterocycles. The van der Waals surface area contributed by atoms with Gasteiger partial charge < -0.3 is 44.1 Å². The molecule has 4 N–H and O–H groups in total. The summed E-state index contributed by atoms with van der Waals surface area (Å²) in [7, 11) is 1.49. The molecule has 7 aliphatic rings. The van der Waals surface area contributed by atoms with Crippen molar-refractivity contribution in [3.05, 3.63) is 11.6 Å². The quantitative estimate of drug-likeness (QED) is 0.268. The van der Waals surface area contributed by atoms with Crippen LogP contribution in [0.1, 0.15) is 59.3 Å². The van der Waals surface area contributed by atoms with E-state index in [0.29, 0.717) is 37.7 Å². The number of carbonyl (C=O) groups excluding carboxylic acids is 2. The molecule has 4 saturated carbocycles. The first-order valence-electron chi connectivity index (χ1n) is 15.0. The van der Waals surface area contributed by atoms with Gasteiger partial charge in [0.2, 0.25) is 12.1 Å². The molecule has 15 atom stereocenters. The topological polar surface area (TPSA) is 161 Å². The number of aliphatic hydroxyl groups is 4. The molecule has 0 radical (unpaired) electrons. The lowest BCUT2D eigenvalue weighted by Gasteiger charge is -2.66. The molecule has 0 bridgehead atoms. The molecule has 11 heteroatoms. The second-order valence-electron chi connectivity index (χ2n) is 14.1. The van der Waals surface area contributed by atoms with Crippen LogP contribution in [0, 0.1) is 34.5 Å². The van der Waals surface area contributed by atoms with E-state index in [9.17, 15) is 30.0 Å². The van der Waals surface area contributed by atoms with Crippen LogP contribution < -0.4 is 0 Å². The van der Waals surface area contributed by atoms with Crippen LogP contribution >= 0.6 is 0 Å². The lowest BCUT2D eigenvalue weighted by molar-refractivity contribution is -0.466. The number of ketones is 1. The number of hydrogen-bond donors (Lipinski definition) is 4. The van der Waals surface area contributed by atoms with E-state index in [1.54, 1.807) is 6.92 Å². The van der Waals surface area contributed by atoms with E-state index in [0.717, 1.165) is 0 Å². The molecule has 4 aliphatic carbocycles. The second kappa shape index (κ2) is 9.04. The number of esters is 1. The van der Waals surface area contributed by atoms with Crippen LogP contribution in [-0.2, 0) is 33.3 Å². The van der Waals surface area contributed by atoms with Gasteiger partial charge in [0.25, 0.3) is 0 Å². The largest absolute Gasteiger partial charge is 0.458 e. The second-order valence-corrected chi connectivity index (χ2v) is 14.1. The van der Waals surface area contributed by atoms with E-state index < -0.39 is 76.8 Å².